The summed E-state index contributed by atoms with van der Waals surface area (Å²) < 4.78 is 6.39. The van der Waals surface area contributed by atoms with Gasteiger partial charge in [-0.25, -0.2) is 0 Å². The lowest BCUT2D eigenvalue weighted by Crippen LogP contribution is -2.42. The molecule has 0 unspecified atom stereocenters. The number of carbonyl (C=O) groups is 2. The van der Waals surface area contributed by atoms with Gasteiger partial charge in [0.05, 0.1) is 29.6 Å². The summed E-state index contributed by atoms with van der Waals surface area (Å²) >= 11 is 6.44. The highest BCUT2D eigenvalue weighted by Gasteiger charge is 2.57. The summed E-state index contributed by atoms with van der Waals surface area (Å²) in [5.41, 5.74) is 5.58. The summed E-state index contributed by atoms with van der Waals surface area (Å²) in [6, 6.07) is 15.4. The van der Waals surface area contributed by atoms with E-state index < -0.39 is 0 Å². The van der Waals surface area contributed by atoms with Crippen LogP contribution in [0.15, 0.2) is 59.7 Å². The van der Waals surface area contributed by atoms with Gasteiger partial charge in [-0.05, 0) is 85.6 Å². The van der Waals surface area contributed by atoms with E-state index in [1.54, 1.807) is 17.0 Å². The van der Waals surface area contributed by atoms with E-state index in [0.29, 0.717) is 18.1 Å². The first-order valence-corrected chi connectivity index (χ1v) is 14.7. The van der Waals surface area contributed by atoms with Crippen molar-refractivity contribution in [1.29, 1.82) is 0 Å². The fourth-order valence-electron chi connectivity index (χ4n) is 7.41. The molecule has 2 aliphatic carbocycles. The van der Waals surface area contributed by atoms with E-state index >= 15 is 0 Å². The molecule has 2 heterocycles. The molecule has 3 fully saturated rings. The lowest BCUT2D eigenvalue weighted by atomic mass is 9.70. The lowest BCUT2D eigenvalue weighted by molar-refractivity contribution is -0.143. The Morgan fingerprint density at radius 2 is 1.82 bits per heavy atom. The van der Waals surface area contributed by atoms with Gasteiger partial charge in [0.1, 0.15) is 5.75 Å². The molecule has 2 amide bonds. The minimum absolute atomic E-state index is 0.00510. The van der Waals surface area contributed by atoms with Gasteiger partial charge >= 0.3 is 0 Å². The molecule has 4 atom stereocenters. The van der Waals surface area contributed by atoms with Crippen molar-refractivity contribution in [2.75, 3.05) is 6.61 Å². The Balaban J connectivity index is 1.23. The van der Waals surface area contributed by atoms with E-state index in [9.17, 15) is 14.7 Å². The summed E-state index contributed by atoms with van der Waals surface area (Å²) in [5, 5.41) is 10.3. The number of amides is 2. The van der Waals surface area contributed by atoms with Crippen LogP contribution in [0.4, 0.5) is 0 Å². The maximum Gasteiger partial charge on any atom is 0.234 e. The van der Waals surface area contributed by atoms with E-state index in [2.05, 4.69) is 25.1 Å². The number of hydrogen-bond donors (Lipinski definition) is 1. The van der Waals surface area contributed by atoms with Crippen molar-refractivity contribution in [3.05, 3.63) is 75.8 Å². The minimum atomic E-state index is -0.275. The van der Waals surface area contributed by atoms with Crippen LogP contribution in [-0.4, -0.2) is 40.6 Å². The van der Waals surface area contributed by atoms with Crippen LogP contribution < -0.4 is 0 Å². The number of imide groups is 1. The molecule has 0 aromatic heterocycles. The topological polar surface area (TPSA) is 66.8 Å². The van der Waals surface area contributed by atoms with E-state index in [1.807, 2.05) is 24.3 Å². The number of phenolic OH excluding ortho intramolecular Hbond substituents is 1. The van der Waals surface area contributed by atoms with Crippen molar-refractivity contribution in [3.8, 4) is 5.75 Å². The van der Waals surface area contributed by atoms with Gasteiger partial charge in [-0.1, -0.05) is 66.8 Å². The molecule has 4 aliphatic rings. The number of allylic oxidation sites excluding steroid dienone is 2. The second-order valence-electron chi connectivity index (χ2n) is 11.6. The van der Waals surface area contributed by atoms with Crippen molar-refractivity contribution in [2.45, 2.75) is 70.4 Å². The van der Waals surface area contributed by atoms with Crippen LogP contribution in [-0.2, 0) is 14.3 Å². The Morgan fingerprint density at radius 3 is 2.56 bits per heavy atom. The van der Waals surface area contributed by atoms with Crippen LogP contribution >= 0.6 is 11.6 Å². The molecular formula is C33H36ClNO4. The van der Waals surface area contributed by atoms with E-state index in [0.717, 1.165) is 55.2 Å². The third kappa shape index (κ3) is 4.96. The van der Waals surface area contributed by atoms with Crippen molar-refractivity contribution in [1.82, 2.24) is 4.90 Å². The number of phenols is 1. The van der Waals surface area contributed by atoms with Crippen LogP contribution in [0.3, 0.4) is 0 Å². The maximum absolute atomic E-state index is 13.7. The minimum Gasteiger partial charge on any atom is -0.508 e. The molecule has 2 saturated heterocycles. The van der Waals surface area contributed by atoms with E-state index in [-0.39, 0.29) is 47.5 Å². The third-order valence-electron chi connectivity index (χ3n) is 9.26. The average Bonchev–Trinajstić information content (AvgIpc) is 3.47. The fourth-order valence-corrected chi connectivity index (χ4v) is 7.64. The van der Waals surface area contributed by atoms with Gasteiger partial charge in [0.25, 0.3) is 0 Å². The van der Waals surface area contributed by atoms with Crippen molar-refractivity contribution >= 4 is 35.1 Å². The number of rotatable bonds is 6. The Kier molecular flexibility index (Phi) is 7.39. The predicted molar refractivity (Wildman–Crippen MR) is 153 cm³/mol. The van der Waals surface area contributed by atoms with Crippen molar-refractivity contribution in [3.63, 3.8) is 0 Å². The van der Waals surface area contributed by atoms with Gasteiger partial charge in [-0.2, -0.15) is 0 Å². The number of hydrogen-bond acceptors (Lipinski definition) is 4. The third-order valence-corrected chi connectivity index (χ3v) is 9.59. The zero-order valence-electron chi connectivity index (χ0n) is 22.4. The number of ether oxygens (including phenoxy) is 1. The number of nitrogens with zero attached hydrogens (tertiary/aromatic N) is 1. The van der Waals surface area contributed by atoms with E-state index in [1.165, 1.54) is 17.6 Å². The summed E-state index contributed by atoms with van der Waals surface area (Å²) in [4.78, 5) is 28.8. The highest BCUT2D eigenvalue weighted by Crippen LogP contribution is 2.50. The Morgan fingerprint density at radius 1 is 1.05 bits per heavy atom. The van der Waals surface area contributed by atoms with Crippen LogP contribution in [0.5, 0.6) is 5.75 Å². The SMILES string of the molecule is CC1=C2[C@@H](CC/C(=C/c3ccc(O)cc3Cl)c3ccccc3)OC[C@@H]2[C@@H]2C(=O)N(C3CCCCC3)C(=O)[C@@H]2C1. The predicted octanol–water partition coefficient (Wildman–Crippen LogP) is 7.04. The van der Waals surface area contributed by atoms with Gasteiger partial charge in [-0.15, -0.1) is 0 Å². The zero-order valence-corrected chi connectivity index (χ0v) is 23.2. The van der Waals surface area contributed by atoms with Crippen LogP contribution in [0, 0.1) is 17.8 Å². The maximum atomic E-state index is 13.7. The first kappa shape index (κ1) is 26.3. The molecule has 1 N–H and O–H groups in total. The Labute approximate surface area is 235 Å². The molecule has 2 aromatic rings. The summed E-state index contributed by atoms with van der Waals surface area (Å²) in [6.07, 6.45) is 9.51. The van der Waals surface area contributed by atoms with Gasteiger partial charge in [0, 0.05) is 12.0 Å². The number of fused-ring (bicyclic) bond motifs is 3. The zero-order chi connectivity index (χ0) is 27.1. The Hall–Kier alpha value is -2.89. The molecule has 6 rings (SSSR count). The van der Waals surface area contributed by atoms with Gasteiger partial charge in [0.2, 0.25) is 11.8 Å². The van der Waals surface area contributed by atoms with Gasteiger partial charge < -0.3 is 9.84 Å². The van der Waals surface area contributed by atoms with Crippen LogP contribution in [0.25, 0.3) is 11.6 Å². The molecule has 204 valence electrons. The molecule has 0 spiro atoms. The smallest absolute Gasteiger partial charge is 0.234 e. The molecule has 39 heavy (non-hydrogen) atoms. The normalized spacial score (nSPS) is 27.7. The van der Waals surface area contributed by atoms with Crippen LogP contribution in [0.2, 0.25) is 5.02 Å². The first-order valence-electron chi connectivity index (χ1n) is 14.3. The quantitative estimate of drug-likeness (QED) is 0.240. The molecule has 2 aromatic carbocycles. The summed E-state index contributed by atoms with van der Waals surface area (Å²) in [5.74, 6) is -0.268. The molecule has 1 saturated carbocycles. The number of aromatic hydroxyl groups is 1. The summed E-state index contributed by atoms with van der Waals surface area (Å²) in [7, 11) is 0. The standard InChI is InChI=1S/C33H36ClNO4/c1-20-16-26-31(33(38)35(32(26)37)24-10-6-3-7-11-24)27-19-39-29(30(20)27)15-13-22(21-8-4-2-5-9-21)17-23-12-14-25(36)18-28(23)34/h2,4-5,8-9,12,14,17-18,24,26-27,29,31,36H,3,6-7,10-11,13,15-16,19H2,1H3/b22-17-/t26-,27+,29-,31-/m1/s1. The largest absolute Gasteiger partial charge is 0.508 e. The number of halogens is 1. The van der Waals surface area contributed by atoms with Gasteiger partial charge in [0.15, 0.2) is 0 Å². The van der Waals surface area contributed by atoms with Crippen LogP contribution in [0.1, 0.15) is 69.4 Å². The van der Waals surface area contributed by atoms with E-state index in [4.69, 9.17) is 16.3 Å². The van der Waals surface area contributed by atoms with Gasteiger partial charge in [-0.3, -0.25) is 14.5 Å². The average molecular weight is 546 g/mol. The monoisotopic (exact) mass is 545 g/mol. The molecule has 0 radical (unpaired) electrons. The second kappa shape index (κ2) is 10.9. The summed E-state index contributed by atoms with van der Waals surface area (Å²) in [6.45, 7) is 2.63. The number of likely N-dealkylation sites (tertiary alicyclic amines) is 1. The highest BCUT2D eigenvalue weighted by molar-refractivity contribution is 6.32. The molecule has 5 nitrogen and oxygen atoms in total. The van der Waals surface area contributed by atoms with Crippen molar-refractivity contribution in [2.24, 2.45) is 17.8 Å². The number of benzene rings is 2. The first-order chi connectivity index (χ1) is 18.9. The highest BCUT2D eigenvalue weighted by atomic mass is 35.5. The molecular weight excluding hydrogens is 510 g/mol. The number of carbonyl (C=O) groups excluding carboxylic acids is 2. The Bertz CT molecular complexity index is 1330. The molecule has 0 bridgehead atoms. The second-order valence-corrected chi connectivity index (χ2v) is 12.0. The lowest BCUT2D eigenvalue weighted by Gasteiger charge is -2.31. The molecule has 2 aliphatic heterocycles. The van der Waals surface area contributed by atoms with Crippen molar-refractivity contribution < 1.29 is 19.4 Å². The fraction of sp³-hybridized carbons (Fsp3) is 0.455. The molecule has 6 heteroatoms.